The number of halogens is 1. The van der Waals surface area contributed by atoms with Gasteiger partial charge in [-0.05, 0) is 42.0 Å². The van der Waals surface area contributed by atoms with Crippen LogP contribution in [0.3, 0.4) is 0 Å². The zero-order valence-electron chi connectivity index (χ0n) is 15.1. The molecule has 0 aliphatic rings. The molecule has 9 heteroatoms. The van der Waals surface area contributed by atoms with Gasteiger partial charge in [-0.1, -0.05) is 17.3 Å². The number of hydrogen-bond acceptors (Lipinski definition) is 6. The molecule has 0 saturated heterocycles. The van der Waals surface area contributed by atoms with E-state index < -0.39 is 6.03 Å². The normalized spacial score (nSPS) is 10.4. The van der Waals surface area contributed by atoms with E-state index in [0.29, 0.717) is 11.6 Å². The van der Waals surface area contributed by atoms with Crippen molar-refractivity contribution in [1.82, 2.24) is 20.8 Å². The quantitative estimate of drug-likeness (QED) is 0.618. The summed E-state index contributed by atoms with van der Waals surface area (Å²) in [6.07, 6.45) is 0. The van der Waals surface area contributed by atoms with Gasteiger partial charge in [-0.2, -0.15) is 4.98 Å². The van der Waals surface area contributed by atoms with Crippen LogP contribution in [-0.2, 0) is 19.7 Å². The van der Waals surface area contributed by atoms with Gasteiger partial charge in [-0.25, -0.2) is 9.18 Å². The van der Waals surface area contributed by atoms with E-state index in [1.54, 1.807) is 43.5 Å². The molecule has 146 valence electrons. The average Bonchev–Trinajstić information content (AvgIpc) is 3.18. The second kappa shape index (κ2) is 9.36. The van der Waals surface area contributed by atoms with E-state index in [1.807, 2.05) is 0 Å². The van der Waals surface area contributed by atoms with Gasteiger partial charge in [-0.3, -0.25) is 0 Å². The lowest BCUT2D eigenvalue weighted by molar-refractivity contribution is 0.238. The Balaban J connectivity index is 1.39. The Kier molecular flexibility index (Phi) is 6.40. The van der Waals surface area contributed by atoms with Crippen molar-refractivity contribution in [3.05, 3.63) is 71.6 Å². The summed E-state index contributed by atoms with van der Waals surface area (Å²) in [4.78, 5) is 16.0. The van der Waals surface area contributed by atoms with Crippen molar-refractivity contribution in [2.24, 2.45) is 0 Å². The average molecular weight is 386 g/mol. The number of nitrogens with one attached hydrogen (secondary N) is 2. The first kappa shape index (κ1) is 19.2. The van der Waals surface area contributed by atoms with Crippen LogP contribution in [0.4, 0.5) is 9.18 Å². The summed E-state index contributed by atoms with van der Waals surface area (Å²) in [6.45, 7) is 0.480. The maximum Gasteiger partial charge on any atom is 0.315 e. The summed E-state index contributed by atoms with van der Waals surface area (Å²) in [5.41, 5.74) is 0.785. The van der Waals surface area contributed by atoms with E-state index in [-0.39, 0.29) is 31.4 Å². The highest BCUT2D eigenvalue weighted by atomic mass is 19.1. The number of nitrogens with zero attached hydrogens (tertiary/aromatic N) is 2. The van der Waals surface area contributed by atoms with Crippen LogP contribution in [0.15, 0.2) is 53.1 Å². The first-order chi connectivity index (χ1) is 13.6. The number of methoxy groups -OCH3 is 1. The van der Waals surface area contributed by atoms with Crippen molar-refractivity contribution >= 4 is 6.03 Å². The second-order valence-electron chi connectivity index (χ2n) is 5.73. The van der Waals surface area contributed by atoms with Crippen LogP contribution < -0.4 is 20.1 Å². The number of carbonyl (C=O) groups excluding carboxylic acids is 1. The molecule has 0 bridgehead atoms. The highest BCUT2D eigenvalue weighted by Crippen LogP contribution is 2.17. The lowest BCUT2D eigenvalue weighted by Gasteiger charge is -2.06. The van der Waals surface area contributed by atoms with Gasteiger partial charge in [0.05, 0.1) is 13.7 Å². The van der Waals surface area contributed by atoms with Crippen LogP contribution >= 0.6 is 0 Å². The fourth-order valence-electron chi connectivity index (χ4n) is 2.24. The minimum atomic E-state index is -0.404. The van der Waals surface area contributed by atoms with Crippen molar-refractivity contribution < 1.29 is 23.2 Å². The van der Waals surface area contributed by atoms with E-state index in [9.17, 15) is 9.18 Å². The fraction of sp³-hybridized carbons (Fsp3) is 0.211. The zero-order valence-corrected chi connectivity index (χ0v) is 15.1. The first-order valence-electron chi connectivity index (χ1n) is 8.47. The maximum atomic E-state index is 12.8. The van der Waals surface area contributed by atoms with Crippen LogP contribution in [0, 0.1) is 5.82 Å². The molecular weight excluding hydrogens is 367 g/mol. The molecule has 2 amide bonds. The molecule has 1 aromatic heterocycles. The Morgan fingerprint density at radius 1 is 1.04 bits per heavy atom. The third-order valence-corrected chi connectivity index (χ3v) is 3.70. The number of aromatic nitrogens is 2. The largest absolute Gasteiger partial charge is 0.497 e. The van der Waals surface area contributed by atoms with E-state index in [1.165, 1.54) is 12.1 Å². The number of amides is 2. The highest BCUT2D eigenvalue weighted by Gasteiger charge is 2.09. The Morgan fingerprint density at radius 2 is 1.71 bits per heavy atom. The summed E-state index contributed by atoms with van der Waals surface area (Å²) >= 11 is 0. The van der Waals surface area contributed by atoms with Crippen molar-refractivity contribution in [1.29, 1.82) is 0 Å². The third-order valence-electron chi connectivity index (χ3n) is 3.70. The summed E-state index contributed by atoms with van der Waals surface area (Å²) in [5, 5.41) is 9.06. The predicted molar refractivity (Wildman–Crippen MR) is 97.1 cm³/mol. The Labute approximate surface area is 160 Å². The molecule has 28 heavy (non-hydrogen) atoms. The molecule has 8 nitrogen and oxygen atoms in total. The molecule has 3 aromatic rings. The first-order valence-corrected chi connectivity index (χ1v) is 8.47. The van der Waals surface area contributed by atoms with Crippen LogP contribution in [0.25, 0.3) is 0 Å². The Hall–Kier alpha value is -3.62. The van der Waals surface area contributed by atoms with Gasteiger partial charge < -0.3 is 24.6 Å². The van der Waals surface area contributed by atoms with E-state index in [4.69, 9.17) is 14.0 Å². The lowest BCUT2D eigenvalue weighted by atomic mass is 10.2. The molecule has 0 atom stereocenters. The van der Waals surface area contributed by atoms with Gasteiger partial charge in [-0.15, -0.1) is 0 Å². The van der Waals surface area contributed by atoms with Crippen LogP contribution in [0.1, 0.15) is 17.3 Å². The van der Waals surface area contributed by atoms with Crippen molar-refractivity contribution in [3.8, 4) is 11.5 Å². The second-order valence-corrected chi connectivity index (χ2v) is 5.73. The summed E-state index contributed by atoms with van der Waals surface area (Å²) in [6, 6.07) is 12.6. The minimum Gasteiger partial charge on any atom is -0.497 e. The molecule has 1 heterocycles. The third kappa shape index (κ3) is 5.70. The van der Waals surface area contributed by atoms with Gasteiger partial charge in [0.15, 0.2) is 6.61 Å². The molecule has 0 aliphatic heterocycles. The fourth-order valence-corrected chi connectivity index (χ4v) is 2.24. The van der Waals surface area contributed by atoms with Gasteiger partial charge in [0.2, 0.25) is 11.7 Å². The smallest absolute Gasteiger partial charge is 0.315 e. The van der Waals surface area contributed by atoms with E-state index in [0.717, 1.165) is 11.3 Å². The molecule has 0 fully saturated rings. The van der Waals surface area contributed by atoms with Crippen LogP contribution in [0.2, 0.25) is 0 Å². The van der Waals surface area contributed by atoms with Gasteiger partial charge in [0, 0.05) is 6.54 Å². The SMILES string of the molecule is COc1ccc(OCc2noc(CNC(=O)NCc3ccc(F)cc3)n2)cc1. The molecule has 2 N–H and O–H groups in total. The van der Waals surface area contributed by atoms with E-state index in [2.05, 4.69) is 20.8 Å². The summed E-state index contributed by atoms with van der Waals surface area (Å²) in [7, 11) is 1.59. The number of ether oxygens (including phenoxy) is 2. The molecule has 0 radical (unpaired) electrons. The number of rotatable bonds is 8. The topological polar surface area (TPSA) is 98.5 Å². The Morgan fingerprint density at radius 3 is 2.43 bits per heavy atom. The molecule has 3 rings (SSSR count). The molecule has 0 saturated carbocycles. The highest BCUT2D eigenvalue weighted by molar-refractivity contribution is 5.73. The predicted octanol–water partition coefficient (Wildman–Crippen LogP) is 2.80. The number of hydrogen-bond donors (Lipinski definition) is 2. The lowest BCUT2D eigenvalue weighted by Crippen LogP contribution is -2.34. The van der Waals surface area contributed by atoms with Crippen molar-refractivity contribution in [2.45, 2.75) is 19.7 Å². The Bertz CT molecular complexity index is 897. The monoisotopic (exact) mass is 386 g/mol. The molecule has 2 aromatic carbocycles. The standard InChI is InChI=1S/C19H19FN4O4/c1-26-15-6-8-16(9-7-15)27-12-17-23-18(28-24-17)11-22-19(25)21-10-13-2-4-14(20)5-3-13/h2-9H,10-12H2,1H3,(H2,21,22,25). The van der Waals surface area contributed by atoms with Gasteiger partial charge >= 0.3 is 6.03 Å². The summed E-state index contributed by atoms with van der Waals surface area (Å²) < 4.78 is 28.6. The van der Waals surface area contributed by atoms with Crippen molar-refractivity contribution in [3.63, 3.8) is 0 Å². The number of urea groups is 1. The molecule has 0 unspecified atom stereocenters. The van der Waals surface area contributed by atoms with Gasteiger partial charge in [0.1, 0.15) is 17.3 Å². The zero-order chi connectivity index (χ0) is 19.8. The van der Waals surface area contributed by atoms with Crippen LogP contribution in [-0.4, -0.2) is 23.3 Å². The van der Waals surface area contributed by atoms with E-state index >= 15 is 0 Å². The molecular formula is C19H19FN4O4. The molecule has 0 spiro atoms. The number of benzene rings is 2. The minimum absolute atomic E-state index is 0.0742. The van der Waals surface area contributed by atoms with Crippen molar-refractivity contribution in [2.75, 3.05) is 7.11 Å². The van der Waals surface area contributed by atoms with Gasteiger partial charge in [0.25, 0.3) is 0 Å². The van der Waals surface area contributed by atoms with Crippen LogP contribution in [0.5, 0.6) is 11.5 Å². The molecule has 0 aliphatic carbocycles. The summed E-state index contributed by atoms with van der Waals surface area (Å²) in [5.74, 6) is 1.67. The maximum absolute atomic E-state index is 12.8. The number of carbonyl (C=O) groups is 1.